The maximum absolute atomic E-state index is 5.42. The van der Waals surface area contributed by atoms with E-state index < -0.39 is 0 Å². The van der Waals surface area contributed by atoms with Crippen LogP contribution >= 0.6 is 0 Å². The summed E-state index contributed by atoms with van der Waals surface area (Å²) in [6.45, 7) is 7.98. The molecule has 0 bridgehead atoms. The van der Waals surface area contributed by atoms with Gasteiger partial charge < -0.3 is 9.47 Å². The molecule has 1 saturated heterocycles. The van der Waals surface area contributed by atoms with Gasteiger partial charge in [0.15, 0.2) is 0 Å². The molecular formula is C9H19NO2. The standard InChI is InChI=1S/C9H19NO2/c1-3-5-10(6-4-2)9-11-7-8-12-9/h9H,3-8H2,1-2H3. The van der Waals surface area contributed by atoms with Gasteiger partial charge in [-0.05, 0) is 12.8 Å². The van der Waals surface area contributed by atoms with Gasteiger partial charge in [-0.15, -0.1) is 0 Å². The SMILES string of the molecule is CCCN(CCC)C1OCCO1. The topological polar surface area (TPSA) is 21.7 Å². The Balaban J connectivity index is 2.29. The maximum atomic E-state index is 5.42. The number of nitrogens with zero attached hydrogens (tertiary/aromatic N) is 1. The van der Waals surface area contributed by atoms with Gasteiger partial charge in [0.1, 0.15) is 0 Å². The van der Waals surface area contributed by atoms with Crippen LogP contribution in [0.4, 0.5) is 0 Å². The van der Waals surface area contributed by atoms with Crippen molar-refractivity contribution in [1.82, 2.24) is 4.90 Å². The highest BCUT2D eigenvalue weighted by atomic mass is 16.7. The number of ether oxygens (including phenoxy) is 2. The lowest BCUT2D eigenvalue weighted by molar-refractivity contribution is -0.152. The second kappa shape index (κ2) is 5.51. The van der Waals surface area contributed by atoms with Crippen LogP contribution in [0, 0.1) is 0 Å². The fourth-order valence-corrected chi connectivity index (χ4v) is 1.45. The molecule has 1 aliphatic heterocycles. The summed E-state index contributed by atoms with van der Waals surface area (Å²) in [4.78, 5) is 2.26. The van der Waals surface area contributed by atoms with Gasteiger partial charge in [0, 0.05) is 13.1 Å². The summed E-state index contributed by atoms with van der Waals surface area (Å²) in [6, 6.07) is 0. The molecule has 0 N–H and O–H groups in total. The summed E-state index contributed by atoms with van der Waals surface area (Å²) in [6.07, 6.45) is 2.25. The molecule has 3 nitrogen and oxygen atoms in total. The quantitative estimate of drug-likeness (QED) is 0.628. The fourth-order valence-electron chi connectivity index (χ4n) is 1.45. The summed E-state index contributed by atoms with van der Waals surface area (Å²) in [5.41, 5.74) is 0. The zero-order valence-electron chi connectivity index (χ0n) is 8.08. The van der Waals surface area contributed by atoms with Crippen molar-refractivity contribution in [3.8, 4) is 0 Å². The first-order chi connectivity index (χ1) is 5.88. The number of hydrogen-bond donors (Lipinski definition) is 0. The van der Waals surface area contributed by atoms with Crippen LogP contribution < -0.4 is 0 Å². The summed E-state index contributed by atoms with van der Waals surface area (Å²) in [5.74, 6) is 0. The largest absolute Gasteiger partial charge is 0.337 e. The zero-order chi connectivity index (χ0) is 8.81. The van der Waals surface area contributed by atoms with Crippen LogP contribution in [0.5, 0.6) is 0 Å². The minimum Gasteiger partial charge on any atom is -0.337 e. The van der Waals surface area contributed by atoms with Crippen LogP contribution in [0.3, 0.4) is 0 Å². The smallest absolute Gasteiger partial charge is 0.218 e. The molecule has 0 aromatic heterocycles. The first-order valence-electron chi connectivity index (χ1n) is 4.85. The zero-order valence-corrected chi connectivity index (χ0v) is 8.08. The van der Waals surface area contributed by atoms with Gasteiger partial charge in [-0.3, -0.25) is 4.90 Å². The van der Waals surface area contributed by atoms with Crippen LogP contribution in [0.1, 0.15) is 26.7 Å². The molecule has 72 valence electrons. The molecule has 0 spiro atoms. The van der Waals surface area contributed by atoms with Gasteiger partial charge in [-0.25, -0.2) is 0 Å². The second-order valence-corrected chi connectivity index (χ2v) is 3.08. The van der Waals surface area contributed by atoms with Crippen molar-refractivity contribution in [3.63, 3.8) is 0 Å². The van der Waals surface area contributed by atoms with Gasteiger partial charge in [-0.2, -0.15) is 0 Å². The first kappa shape index (κ1) is 9.96. The third-order valence-electron chi connectivity index (χ3n) is 1.92. The Hall–Kier alpha value is -0.120. The fraction of sp³-hybridized carbons (Fsp3) is 1.00. The third kappa shape index (κ3) is 2.73. The molecule has 12 heavy (non-hydrogen) atoms. The van der Waals surface area contributed by atoms with Gasteiger partial charge >= 0.3 is 0 Å². The van der Waals surface area contributed by atoms with Crippen molar-refractivity contribution < 1.29 is 9.47 Å². The minimum absolute atomic E-state index is 0.0649. The van der Waals surface area contributed by atoms with Gasteiger partial charge in [0.25, 0.3) is 0 Å². The number of rotatable bonds is 5. The van der Waals surface area contributed by atoms with Crippen molar-refractivity contribution in [1.29, 1.82) is 0 Å². The monoisotopic (exact) mass is 173 g/mol. The molecule has 0 amide bonds. The average molecular weight is 173 g/mol. The van der Waals surface area contributed by atoms with Crippen molar-refractivity contribution in [2.45, 2.75) is 33.1 Å². The third-order valence-corrected chi connectivity index (χ3v) is 1.92. The van der Waals surface area contributed by atoms with Crippen LogP contribution in [-0.2, 0) is 9.47 Å². The molecule has 3 heteroatoms. The van der Waals surface area contributed by atoms with E-state index in [4.69, 9.17) is 9.47 Å². The predicted octanol–water partition coefficient (Wildman–Crippen LogP) is 1.44. The highest BCUT2D eigenvalue weighted by molar-refractivity contribution is 4.58. The highest BCUT2D eigenvalue weighted by Crippen LogP contribution is 2.10. The van der Waals surface area contributed by atoms with Crippen LogP contribution in [0.25, 0.3) is 0 Å². The molecular weight excluding hydrogens is 154 g/mol. The molecule has 0 aromatic rings. The predicted molar refractivity (Wildman–Crippen MR) is 47.8 cm³/mol. The van der Waals surface area contributed by atoms with Crippen LogP contribution in [0.15, 0.2) is 0 Å². The molecule has 0 radical (unpaired) electrons. The maximum Gasteiger partial charge on any atom is 0.218 e. The number of hydrogen-bond acceptors (Lipinski definition) is 3. The summed E-state index contributed by atoms with van der Waals surface area (Å²) >= 11 is 0. The Labute approximate surface area is 74.6 Å². The Bertz CT molecular complexity index is 107. The molecule has 0 atom stereocenters. The van der Waals surface area contributed by atoms with E-state index in [1.807, 2.05) is 0 Å². The van der Waals surface area contributed by atoms with E-state index in [1.54, 1.807) is 0 Å². The lowest BCUT2D eigenvalue weighted by Gasteiger charge is -2.25. The van der Waals surface area contributed by atoms with Crippen molar-refractivity contribution in [2.24, 2.45) is 0 Å². The second-order valence-electron chi connectivity index (χ2n) is 3.08. The van der Waals surface area contributed by atoms with Gasteiger partial charge in [-0.1, -0.05) is 13.8 Å². The van der Waals surface area contributed by atoms with Gasteiger partial charge in [0.2, 0.25) is 6.41 Å². The van der Waals surface area contributed by atoms with Crippen LogP contribution in [-0.4, -0.2) is 37.6 Å². The van der Waals surface area contributed by atoms with Crippen LogP contribution in [0.2, 0.25) is 0 Å². The lowest BCUT2D eigenvalue weighted by atomic mass is 10.4. The Morgan fingerprint density at radius 1 is 1.08 bits per heavy atom. The minimum atomic E-state index is -0.0649. The molecule has 1 fully saturated rings. The van der Waals surface area contributed by atoms with E-state index in [-0.39, 0.29) is 6.41 Å². The average Bonchev–Trinajstić information content (AvgIpc) is 2.56. The summed E-state index contributed by atoms with van der Waals surface area (Å²) in [5, 5.41) is 0. The van der Waals surface area contributed by atoms with E-state index in [0.717, 1.165) is 39.1 Å². The van der Waals surface area contributed by atoms with E-state index in [9.17, 15) is 0 Å². The molecule has 0 aromatic carbocycles. The lowest BCUT2D eigenvalue weighted by Crippen LogP contribution is -2.37. The summed E-state index contributed by atoms with van der Waals surface area (Å²) in [7, 11) is 0. The van der Waals surface area contributed by atoms with E-state index in [0.29, 0.717) is 0 Å². The molecule has 0 saturated carbocycles. The van der Waals surface area contributed by atoms with Crippen molar-refractivity contribution in [2.75, 3.05) is 26.3 Å². The molecule has 0 aliphatic carbocycles. The Kier molecular flexibility index (Phi) is 4.58. The van der Waals surface area contributed by atoms with Crippen molar-refractivity contribution in [3.05, 3.63) is 0 Å². The van der Waals surface area contributed by atoms with Crippen molar-refractivity contribution >= 4 is 0 Å². The normalized spacial score (nSPS) is 19.2. The Morgan fingerprint density at radius 2 is 1.58 bits per heavy atom. The highest BCUT2D eigenvalue weighted by Gasteiger charge is 2.22. The Morgan fingerprint density at radius 3 is 2.00 bits per heavy atom. The molecule has 1 aliphatic rings. The molecule has 1 heterocycles. The van der Waals surface area contributed by atoms with E-state index in [1.165, 1.54) is 0 Å². The first-order valence-corrected chi connectivity index (χ1v) is 4.85. The van der Waals surface area contributed by atoms with Gasteiger partial charge in [0.05, 0.1) is 13.2 Å². The molecule has 0 unspecified atom stereocenters. The molecule has 1 rings (SSSR count). The summed E-state index contributed by atoms with van der Waals surface area (Å²) < 4.78 is 10.8. The van der Waals surface area contributed by atoms with E-state index >= 15 is 0 Å². The van der Waals surface area contributed by atoms with E-state index in [2.05, 4.69) is 18.7 Å².